The summed E-state index contributed by atoms with van der Waals surface area (Å²) in [6.07, 6.45) is 3.69. The van der Waals surface area contributed by atoms with Crippen LogP contribution in [0.25, 0.3) is 5.69 Å². The fourth-order valence-electron chi connectivity index (χ4n) is 2.98. The van der Waals surface area contributed by atoms with Gasteiger partial charge in [-0.05, 0) is 61.4 Å². The smallest absolute Gasteiger partial charge is 0.119 e. The van der Waals surface area contributed by atoms with Crippen molar-refractivity contribution >= 4 is 0 Å². The van der Waals surface area contributed by atoms with Crippen molar-refractivity contribution in [3.63, 3.8) is 0 Å². The number of aryl methyl sites for hydroxylation is 1. The molecule has 2 heterocycles. The van der Waals surface area contributed by atoms with E-state index in [1.54, 1.807) is 13.3 Å². The van der Waals surface area contributed by atoms with Crippen LogP contribution in [-0.4, -0.2) is 16.7 Å². The summed E-state index contributed by atoms with van der Waals surface area (Å²) in [5, 5.41) is 3.50. The molecule has 3 aromatic rings. The van der Waals surface area contributed by atoms with Gasteiger partial charge in [-0.3, -0.25) is 4.98 Å². The zero-order valence-electron chi connectivity index (χ0n) is 14.4. The number of nitrogens with one attached hydrogen (secondary N) is 1. The Morgan fingerprint density at radius 1 is 1.08 bits per heavy atom. The lowest BCUT2D eigenvalue weighted by molar-refractivity contribution is 0.414. The molecule has 0 fully saturated rings. The summed E-state index contributed by atoms with van der Waals surface area (Å²) >= 11 is 0. The van der Waals surface area contributed by atoms with Crippen LogP contribution in [0.15, 0.2) is 54.9 Å². The number of pyridine rings is 1. The number of hydrogen-bond acceptors (Lipinski definition) is 3. The molecule has 4 heteroatoms. The summed E-state index contributed by atoms with van der Waals surface area (Å²) in [5.41, 5.74) is 6.16. The Morgan fingerprint density at radius 3 is 2.54 bits per heavy atom. The van der Waals surface area contributed by atoms with E-state index in [-0.39, 0.29) is 0 Å². The Hall–Kier alpha value is -2.59. The SMILES string of the molecule is COc1ccc(-n2c(C)cc(CNCc3cccnc3)c2C)cc1. The monoisotopic (exact) mass is 321 g/mol. The van der Waals surface area contributed by atoms with E-state index in [1.165, 1.54) is 22.5 Å². The third-order valence-corrected chi connectivity index (χ3v) is 4.23. The van der Waals surface area contributed by atoms with Gasteiger partial charge in [0.1, 0.15) is 5.75 Å². The Bertz CT molecular complexity index is 792. The standard InChI is InChI=1S/C20H23N3O/c1-15-11-18(14-22-13-17-5-4-10-21-12-17)16(2)23(15)19-6-8-20(24-3)9-7-19/h4-12,22H,13-14H2,1-3H3. The van der Waals surface area contributed by atoms with Crippen molar-refractivity contribution < 1.29 is 4.74 Å². The zero-order chi connectivity index (χ0) is 16.9. The summed E-state index contributed by atoms with van der Waals surface area (Å²) in [7, 11) is 1.69. The fourth-order valence-corrected chi connectivity index (χ4v) is 2.98. The number of methoxy groups -OCH3 is 1. The highest BCUT2D eigenvalue weighted by Gasteiger charge is 2.10. The van der Waals surface area contributed by atoms with Crippen LogP contribution >= 0.6 is 0 Å². The van der Waals surface area contributed by atoms with Gasteiger partial charge in [0.25, 0.3) is 0 Å². The van der Waals surface area contributed by atoms with Crippen LogP contribution in [0.1, 0.15) is 22.5 Å². The normalized spacial score (nSPS) is 10.8. The first-order valence-corrected chi connectivity index (χ1v) is 8.11. The average molecular weight is 321 g/mol. The van der Waals surface area contributed by atoms with Crippen molar-refractivity contribution in [2.24, 2.45) is 0 Å². The van der Waals surface area contributed by atoms with Gasteiger partial charge in [0.15, 0.2) is 0 Å². The van der Waals surface area contributed by atoms with E-state index in [0.29, 0.717) is 0 Å². The summed E-state index contributed by atoms with van der Waals surface area (Å²) in [6.45, 7) is 5.96. The van der Waals surface area contributed by atoms with Crippen molar-refractivity contribution in [1.29, 1.82) is 0 Å². The maximum atomic E-state index is 5.24. The minimum absolute atomic E-state index is 0.819. The van der Waals surface area contributed by atoms with Crippen molar-refractivity contribution in [2.75, 3.05) is 7.11 Å². The second kappa shape index (κ2) is 7.32. The molecule has 4 nitrogen and oxygen atoms in total. The van der Waals surface area contributed by atoms with Gasteiger partial charge in [0, 0.05) is 42.6 Å². The third kappa shape index (κ3) is 3.49. The summed E-state index contributed by atoms with van der Waals surface area (Å²) < 4.78 is 7.52. The number of nitrogens with zero attached hydrogens (tertiary/aromatic N) is 2. The summed E-state index contributed by atoms with van der Waals surface area (Å²) in [5.74, 6) is 0.875. The van der Waals surface area contributed by atoms with E-state index in [1.807, 2.05) is 24.4 Å². The Kier molecular flexibility index (Phi) is 4.96. The minimum atomic E-state index is 0.819. The average Bonchev–Trinajstić information content (AvgIpc) is 2.90. The van der Waals surface area contributed by atoms with Crippen LogP contribution in [0.2, 0.25) is 0 Å². The molecule has 0 saturated heterocycles. The molecule has 3 rings (SSSR count). The van der Waals surface area contributed by atoms with Crippen LogP contribution in [0.3, 0.4) is 0 Å². The highest BCUT2D eigenvalue weighted by molar-refractivity contribution is 5.43. The molecule has 0 aliphatic carbocycles. The second-order valence-electron chi connectivity index (χ2n) is 5.89. The van der Waals surface area contributed by atoms with E-state index in [9.17, 15) is 0 Å². The van der Waals surface area contributed by atoms with Crippen LogP contribution < -0.4 is 10.1 Å². The molecular weight excluding hydrogens is 298 g/mol. The van der Waals surface area contributed by atoms with E-state index < -0.39 is 0 Å². The highest BCUT2D eigenvalue weighted by atomic mass is 16.5. The van der Waals surface area contributed by atoms with E-state index >= 15 is 0 Å². The number of benzene rings is 1. The molecule has 0 unspecified atom stereocenters. The van der Waals surface area contributed by atoms with Gasteiger partial charge in [-0.25, -0.2) is 0 Å². The Labute approximate surface area is 143 Å². The predicted molar refractivity (Wildman–Crippen MR) is 96.6 cm³/mol. The van der Waals surface area contributed by atoms with Gasteiger partial charge in [-0.2, -0.15) is 0 Å². The third-order valence-electron chi connectivity index (χ3n) is 4.23. The Morgan fingerprint density at radius 2 is 1.88 bits per heavy atom. The van der Waals surface area contributed by atoms with Gasteiger partial charge in [-0.15, -0.1) is 0 Å². The Balaban J connectivity index is 1.73. The van der Waals surface area contributed by atoms with E-state index in [2.05, 4.69) is 53.0 Å². The quantitative estimate of drug-likeness (QED) is 0.751. The molecule has 24 heavy (non-hydrogen) atoms. The first kappa shape index (κ1) is 16.3. The molecule has 2 aromatic heterocycles. The van der Waals surface area contributed by atoms with Gasteiger partial charge in [0.2, 0.25) is 0 Å². The molecular formula is C20H23N3O. The van der Waals surface area contributed by atoms with E-state index in [4.69, 9.17) is 4.74 Å². The lowest BCUT2D eigenvalue weighted by Gasteiger charge is -2.11. The molecule has 0 amide bonds. The molecule has 1 aromatic carbocycles. The second-order valence-corrected chi connectivity index (χ2v) is 5.89. The molecule has 0 saturated carbocycles. The number of rotatable bonds is 6. The molecule has 0 spiro atoms. The van der Waals surface area contributed by atoms with Crippen molar-refractivity contribution in [3.8, 4) is 11.4 Å². The molecule has 1 N–H and O–H groups in total. The maximum Gasteiger partial charge on any atom is 0.119 e. The van der Waals surface area contributed by atoms with E-state index in [0.717, 1.165) is 24.5 Å². The molecule has 0 radical (unpaired) electrons. The van der Waals surface area contributed by atoms with Crippen molar-refractivity contribution in [3.05, 3.63) is 77.4 Å². The largest absolute Gasteiger partial charge is 0.497 e. The number of ether oxygens (including phenoxy) is 1. The molecule has 0 bridgehead atoms. The lowest BCUT2D eigenvalue weighted by Crippen LogP contribution is -2.13. The van der Waals surface area contributed by atoms with Gasteiger partial charge < -0.3 is 14.6 Å². The van der Waals surface area contributed by atoms with Gasteiger partial charge in [-0.1, -0.05) is 6.07 Å². The highest BCUT2D eigenvalue weighted by Crippen LogP contribution is 2.22. The molecule has 124 valence electrons. The molecule has 0 aliphatic rings. The van der Waals surface area contributed by atoms with Gasteiger partial charge >= 0.3 is 0 Å². The van der Waals surface area contributed by atoms with Gasteiger partial charge in [0.05, 0.1) is 7.11 Å². The number of hydrogen-bond donors (Lipinski definition) is 1. The fraction of sp³-hybridized carbons (Fsp3) is 0.250. The van der Waals surface area contributed by atoms with Crippen molar-refractivity contribution in [2.45, 2.75) is 26.9 Å². The first-order valence-electron chi connectivity index (χ1n) is 8.11. The predicted octanol–water partition coefficient (Wildman–Crippen LogP) is 3.79. The van der Waals surface area contributed by atoms with Crippen LogP contribution in [-0.2, 0) is 13.1 Å². The first-order chi connectivity index (χ1) is 11.7. The summed E-state index contributed by atoms with van der Waals surface area (Å²) in [6, 6.07) is 14.5. The lowest BCUT2D eigenvalue weighted by atomic mass is 10.2. The summed E-state index contributed by atoms with van der Waals surface area (Å²) in [4.78, 5) is 4.15. The molecule has 0 atom stereocenters. The minimum Gasteiger partial charge on any atom is -0.497 e. The topological polar surface area (TPSA) is 39.1 Å². The molecule has 0 aliphatic heterocycles. The van der Waals surface area contributed by atoms with Crippen LogP contribution in [0.4, 0.5) is 0 Å². The van der Waals surface area contributed by atoms with Crippen LogP contribution in [0, 0.1) is 13.8 Å². The maximum absolute atomic E-state index is 5.24. The number of aromatic nitrogens is 2. The van der Waals surface area contributed by atoms with Crippen molar-refractivity contribution in [1.82, 2.24) is 14.9 Å². The van der Waals surface area contributed by atoms with Crippen LogP contribution in [0.5, 0.6) is 5.75 Å². The zero-order valence-corrected chi connectivity index (χ0v) is 14.4.